The molecule has 0 bridgehead atoms. The quantitative estimate of drug-likeness (QED) is 0.392. The van der Waals surface area contributed by atoms with Crippen molar-refractivity contribution in [3.63, 3.8) is 0 Å². The maximum Gasteiger partial charge on any atom is 0.324 e. The van der Waals surface area contributed by atoms with Crippen LogP contribution in [0.4, 0.5) is 5.69 Å². The van der Waals surface area contributed by atoms with Crippen molar-refractivity contribution >= 4 is 12.0 Å². The third-order valence-electron chi connectivity index (χ3n) is 1.44. The van der Waals surface area contributed by atoms with Gasteiger partial charge in [-0.3, -0.25) is 19.9 Å². The molecule has 0 aromatic carbocycles. The van der Waals surface area contributed by atoms with Crippen LogP contribution in [-0.2, 0) is 0 Å². The molecule has 0 radical (unpaired) electrons. The summed E-state index contributed by atoms with van der Waals surface area (Å²) in [4.78, 5) is 23.8. The van der Waals surface area contributed by atoms with E-state index in [1.165, 1.54) is 13.3 Å². The molecule has 1 aromatic rings. The minimum Gasteiger partial charge on any atom is -0.489 e. The maximum atomic E-state index is 10.5. The lowest BCUT2D eigenvalue weighted by Gasteiger charge is -2.00. The molecule has 0 aliphatic heterocycles. The van der Waals surface area contributed by atoms with Crippen molar-refractivity contribution in [1.29, 1.82) is 0 Å². The minimum absolute atomic E-state index is 0.0189. The van der Waals surface area contributed by atoms with E-state index in [-0.39, 0.29) is 17.0 Å². The molecule has 0 unspecified atom stereocenters. The smallest absolute Gasteiger partial charge is 0.324 e. The molecule has 0 atom stereocenters. The van der Waals surface area contributed by atoms with Crippen molar-refractivity contribution in [1.82, 2.24) is 4.98 Å². The van der Waals surface area contributed by atoms with Crippen molar-refractivity contribution in [2.75, 3.05) is 7.11 Å². The van der Waals surface area contributed by atoms with Crippen molar-refractivity contribution in [2.45, 2.75) is 0 Å². The van der Waals surface area contributed by atoms with Gasteiger partial charge in [-0.1, -0.05) is 0 Å². The molecular weight excluding hydrogens is 176 g/mol. The number of hydrogen-bond acceptors (Lipinski definition) is 5. The van der Waals surface area contributed by atoms with Crippen molar-refractivity contribution in [3.8, 4) is 5.75 Å². The van der Waals surface area contributed by atoms with Gasteiger partial charge in [0.15, 0.2) is 6.29 Å². The minimum atomic E-state index is -0.676. The second-order valence-corrected chi connectivity index (χ2v) is 2.15. The first kappa shape index (κ1) is 9.11. The van der Waals surface area contributed by atoms with E-state index >= 15 is 0 Å². The highest BCUT2D eigenvalue weighted by Gasteiger charge is 2.20. The van der Waals surface area contributed by atoms with E-state index in [1.54, 1.807) is 0 Å². The van der Waals surface area contributed by atoms with Crippen molar-refractivity contribution in [3.05, 3.63) is 28.1 Å². The van der Waals surface area contributed by atoms with Crippen molar-refractivity contribution < 1.29 is 14.5 Å². The highest BCUT2D eigenvalue weighted by Crippen LogP contribution is 2.27. The molecule has 1 rings (SSSR count). The number of nitrogens with zero attached hydrogens (tertiary/aromatic N) is 2. The summed E-state index contributed by atoms with van der Waals surface area (Å²) in [5.41, 5.74) is -0.447. The second kappa shape index (κ2) is 3.61. The lowest BCUT2D eigenvalue weighted by Crippen LogP contribution is -1.99. The third kappa shape index (κ3) is 1.61. The van der Waals surface area contributed by atoms with Crippen LogP contribution < -0.4 is 4.74 Å². The van der Waals surface area contributed by atoms with Crippen LogP contribution in [0.25, 0.3) is 0 Å². The van der Waals surface area contributed by atoms with Gasteiger partial charge in [0.25, 0.3) is 0 Å². The van der Waals surface area contributed by atoms with Crippen LogP contribution in [0, 0.1) is 10.1 Å². The Morgan fingerprint density at radius 2 is 2.31 bits per heavy atom. The number of pyridine rings is 1. The monoisotopic (exact) mass is 182 g/mol. The predicted molar refractivity (Wildman–Crippen MR) is 42.8 cm³/mol. The van der Waals surface area contributed by atoms with Gasteiger partial charge < -0.3 is 4.74 Å². The topological polar surface area (TPSA) is 82.3 Å². The molecule has 0 saturated carbocycles. The predicted octanol–water partition coefficient (Wildman–Crippen LogP) is 0.811. The number of hydrogen-bond donors (Lipinski definition) is 0. The van der Waals surface area contributed by atoms with Gasteiger partial charge in [-0.2, -0.15) is 0 Å². The number of rotatable bonds is 3. The number of aromatic nitrogens is 1. The highest BCUT2D eigenvalue weighted by molar-refractivity contribution is 5.82. The van der Waals surface area contributed by atoms with E-state index in [9.17, 15) is 14.9 Å². The Morgan fingerprint density at radius 3 is 2.77 bits per heavy atom. The fraction of sp³-hybridized carbons (Fsp3) is 0.143. The van der Waals surface area contributed by atoms with Crippen LogP contribution >= 0.6 is 0 Å². The first-order chi connectivity index (χ1) is 6.20. The Kier molecular flexibility index (Phi) is 2.53. The van der Waals surface area contributed by atoms with E-state index < -0.39 is 4.92 Å². The average Bonchev–Trinajstić information content (AvgIpc) is 2.16. The summed E-state index contributed by atoms with van der Waals surface area (Å²) in [7, 11) is 1.28. The molecule has 6 nitrogen and oxygen atoms in total. The van der Waals surface area contributed by atoms with Crippen molar-refractivity contribution in [2.24, 2.45) is 0 Å². The first-order valence-corrected chi connectivity index (χ1v) is 3.32. The van der Waals surface area contributed by atoms with Gasteiger partial charge >= 0.3 is 5.69 Å². The van der Waals surface area contributed by atoms with E-state index in [0.717, 1.165) is 6.20 Å². The molecular formula is C7H6N2O4. The zero-order valence-corrected chi connectivity index (χ0v) is 6.76. The largest absolute Gasteiger partial charge is 0.489 e. The Balaban J connectivity index is 3.38. The lowest BCUT2D eigenvalue weighted by atomic mass is 10.2. The number of methoxy groups -OCH3 is 1. The van der Waals surface area contributed by atoms with E-state index in [1.807, 2.05) is 0 Å². The number of carbonyl (C=O) groups is 1. The molecule has 0 fully saturated rings. The molecule has 0 amide bonds. The zero-order chi connectivity index (χ0) is 9.84. The fourth-order valence-electron chi connectivity index (χ4n) is 0.881. The van der Waals surface area contributed by atoms with Gasteiger partial charge in [0.2, 0.25) is 5.75 Å². The van der Waals surface area contributed by atoms with E-state index in [2.05, 4.69) is 9.72 Å². The van der Waals surface area contributed by atoms with Gasteiger partial charge in [0.1, 0.15) is 5.56 Å². The normalized spacial score (nSPS) is 9.31. The SMILES string of the molecule is COc1cncc(C=O)c1[N+](=O)[O-]. The highest BCUT2D eigenvalue weighted by atomic mass is 16.6. The average molecular weight is 182 g/mol. The van der Waals surface area contributed by atoms with Crippen LogP contribution in [-0.4, -0.2) is 23.3 Å². The van der Waals surface area contributed by atoms with Crippen LogP contribution in [0.1, 0.15) is 10.4 Å². The van der Waals surface area contributed by atoms with Gasteiger partial charge in [-0.15, -0.1) is 0 Å². The Hall–Kier alpha value is -1.98. The summed E-state index contributed by atoms with van der Waals surface area (Å²) >= 11 is 0. The number of ether oxygens (including phenoxy) is 1. The molecule has 0 aliphatic carbocycles. The van der Waals surface area contributed by atoms with Gasteiger partial charge in [-0.05, 0) is 0 Å². The van der Waals surface area contributed by atoms with Gasteiger partial charge in [0, 0.05) is 6.20 Å². The molecule has 0 saturated heterocycles. The summed E-state index contributed by atoms with van der Waals surface area (Å²) in [6.07, 6.45) is 2.67. The summed E-state index contributed by atoms with van der Waals surface area (Å²) in [5, 5.41) is 10.5. The molecule has 1 aromatic heterocycles. The molecule has 0 aliphatic rings. The summed E-state index contributed by atoms with van der Waals surface area (Å²) < 4.78 is 4.69. The zero-order valence-electron chi connectivity index (χ0n) is 6.76. The summed E-state index contributed by atoms with van der Waals surface area (Å²) in [6.45, 7) is 0. The fourth-order valence-corrected chi connectivity index (χ4v) is 0.881. The third-order valence-corrected chi connectivity index (χ3v) is 1.44. The molecule has 6 heteroatoms. The van der Waals surface area contributed by atoms with E-state index in [0.29, 0.717) is 6.29 Å². The molecule has 0 N–H and O–H groups in total. The van der Waals surface area contributed by atoms with Crippen LogP contribution in [0.5, 0.6) is 5.75 Å². The number of aldehydes is 1. The first-order valence-electron chi connectivity index (χ1n) is 3.32. The molecule has 68 valence electrons. The maximum absolute atomic E-state index is 10.5. The Morgan fingerprint density at radius 1 is 1.62 bits per heavy atom. The number of nitro groups is 1. The number of carbonyl (C=O) groups excluding carboxylic acids is 1. The molecule has 0 spiro atoms. The summed E-state index contributed by atoms with van der Waals surface area (Å²) in [5.74, 6) is -0.0189. The van der Waals surface area contributed by atoms with Crippen LogP contribution in [0.3, 0.4) is 0 Å². The lowest BCUT2D eigenvalue weighted by molar-refractivity contribution is -0.386. The molecule has 1 heterocycles. The molecule has 13 heavy (non-hydrogen) atoms. The van der Waals surface area contributed by atoms with Crippen LogP contribution in [0.2, 0.25) is 0 Å². The Bertz CT molecular complexity index is 350. The Labute approximate surface area is 73.3 Å². The standard InChI is InChI=1S/C7H6N2O4/c1-13-6-3-8-2-5(4-10)7(6)9(11)12/h2-4H,1H3. The van der Waals surface area contributed by atoms with E-state index in [4.69, 9.17) is 0 Å². The van der Waals surface area contributed by atoms with Gasteiger partial charge in [0.05, 0.1) is 18.2 Å². The second-order valence-electron chi connectivity index (χ2n) is 2.15. The van der Waals surface area contributed by atoms with Gasteiger partial charge in [-0.25, -0.2) is 0 Å². The van der Waals surface area contributed by atoms with Crippen LogP contribution in [0.15, 0.2) is 12.4 Å². The summed E-state index contributed by atoms with van der Waals surface area (Å²) in [6, 6.07) is 0.